The van der Waals surface area contributed by atoms with Crippen LogP contribution in [0.15, 0.2) is 54.6 Å². The standard InChI is InChI=1S/C23H25N5O3/c1-3-14(2)20(21-24-16-11-7-8-12-17(16)25-21)27-19(29)13-18-22(30)28(23(31)26-18)15-9-5-4-6-10-15/h4-12,14,18,20H,3,13H2,1-2H3,(H,24,25)(H,26,31)(H,27,29)/t14-,18+,20+/m0/s1. The number of fused-ring (bicyclic) bond motifs is 1. The van der Waals surface area contributed by atoms with E-state index in [1.165, 1.54) is 0 Å². The molecule has 4 rings (SSSR count). The summed E-state index contributed by atoms with van der Waals surface area (Å²) in [5, 5.41) is 5.62. The third kappa shape index (κ3) is 4.14. The van der Waals surface area contributed by atoms with Gasteiger partial charge in [0, 0.05) is 0 Å². The molecule has 1 aliphatic rings. The van der Waals surface area contributed by atoms with Crippen molar-refractivity contribution in [3.8, 4) is 0 Å². The number of aromatic nitrogens is 2. The third-order valence-electron chi connectivity index (χ3n) is 5.65. The number of hydrogen-bond acceptors (Lipinski definition) is 4. The molecule has 0 aliphatic carbocycles. The number of amides is 4. The van der Waals surface area contributed by atoms with E-state index in [2.05, 4.69) is 20.6 Å². The second-order valence-corrected chi connectivity index (χ2v) is 7.79. The van der Waals surface area contributed by atoms with Gasteiger partial charge in [0.1, 0.15) is 11.9 Å². The van der Waals surface area contributed by atoms with E-state index in [0.29, 0.717) is 11.5 Å². The Morgan fingerprint density at radius 1 is 1.13 bits per heavy atom. The predicted octanol–water partition coefficient (Wildman–Crippen LogP) is 3.28. The lowest BCUT2D eigenvalue weighted by molar-refractivity contribution is -0.126. The van der Waals surface area contributed by atoms with E-state index in [4.69, 9.17) is 0 Å². The molecule has 0 spiro atoms. The van der Waals surface area contributed by atoms with Crippen LogP contribution >= 0.6 is 0 Å². The fourth-order valence-electron chi connectivity index (χ4n) is 3.74. The van der Waals surface area contributed by atoms with Gasteiger partial charge in [-0.25, -0.2) is 14.7 Å². The van der Waals surface area contributed by atoms with Crippen LogP contribution in [0.2, 0.25) is 0 Å². The number of nitrogens with one attached hydrogen (secondary N) is 3. The van der Waals surface area contributed by atoms with E-state index in [-0.39, 0.29) is 24.3 Å². The number of nitrogens with zero attached hydrogens (tertiary/aromatic N) is 2. The Kier molecular flexibility index (Phi) is 5.70. The van der Waals surface area contributed by atoms with Crippen LogP contribution in [0.3, 0.4) is 0 Å². The Hall–Kier alpha value is -3.68. The lowest BCUT2D eigenvalue weighted by Gasteiger charge is -2.23. The first-order valence-corrected chi connectivity index (χ1v) is 10.4. The Morgan fingerprint density at radius 3 is 2.55 bits per heavy atom. The minimum absolute atomic E-state index is 0.124. The van der Waals surface area contributed by atoms with Crippen molar-refractivity contribution in [2.45, 2.75) is 38.8 Å². The summed E-state index contributed by atoms with van der Waals surface area (Å²) < 4.78 is 0. The second kappa shape index (κ2) is 8.59. The number of rotatable bonds is 7. The molecule has 1 fully saturated rings. The van der Waals surface area contributed by atoms with Crippen LogP contribution in [-0.4, -0.2) is 33.9 Å². The molecule has 31 heavy (non-hydrogen) atoms. The van der Waals surface area contributed by atoms with Crippen LogP contribution in [-0.2, 0) is 9.59 Å². The summed E-state index contributed by atoms with van der Waals surface area (Å²) in [5.74, 6) is 0.0466. The molecule has 2 aromatic carbocycles. The van der Waals surface area contributed by atoms with Gasteiger partial charge in [-0.3, -0.25) is 9.59 Å². The molecule has 160 valence electrons. The van der Waals surface area contributed by atoms with Gasteiger partial charge in [-0.05, 0) is 30.2 Å². The third-order valence-corrected chi connectivity index (χ3v) is 5.65. The zero-order valence-electron chi connectivity index (χ0n) is 17.5. The van der Waals surface area contributed by atoms with E-state index in [0.717, 1.165) is 22.4 Å². The number of urea groups is 1. The van der Waals surface area contributed by atoms with Crippen LogP contribution in [0.4, 0.5) is 10.5 Å². The number of carbonyl (C=O) groups is 3. The number of imide groups is 1. The van der Waals surface area contributed by atoms with Crippen molar-refractivity contribution in [3.05, 3.63) is 60.4 Å². The number of imidazole rings is 1. The smallest absolute Gasteiger partial charge is 0.329 e. The Balaban J connectivity index is 1.48. The highest BCUT2D eigenvalue weighted by Gasteiger charge is 2.40. The summed E-state index contributed by atoms with van der Waals surface area (Å²) in [5.41, 5.74) is 2.21. The summed E-state index contributed by atoms with van der Waals surface area (Å²) in [7, 11) is 0. The molecular weight excluding hydrogens is 394 g/mol. The van der Waals surface area contributed by atoms with Crippen molar-refractivity contribution in [1.29, 1.82) is 0 Å². The number of benzene rings is 2. The molecule has 4 amide bonds. The lowest BCUT2D eigenvalue weighted by Crippen LogP contribution is -2.39. The van der Waals surface area contributed by atoms with Crippen molar-refractivity contribution < 1.29 is 14.4 Å². The maximum atomic E-state index is 12.8. The summed E-state index contributed by atoms with van der Waals surface area (Å²) in [6, 6.07) is 14.6. The lowest BCUT2D eigenvalue weighted by atomic mass is 9.98. The Morgan fingerprint density at radius 2 is 1.84 bits per heavy atom. The molecule has 0 saturated carbocycles. The van der Waals surface area contributed by atoms with E-state index in [9.17, 15) is 14.4 Å². The van der Waals surface area contributed by atoms with Crippen molar-refractivity contribution in [2.24, 2.45) is 5.92 Å². The average molecular weight is 419 g/mol. The number of carbonyl (C=O) groups excluding carboxylic acids is 3. The van der Waals surface area contributed by atoms with Crippen LogP contribution in [0.25, 0.3) is 11.0 Å². The van der Waals surface area contributed by atoms with Gasteiger partial charge in [-0.1, -0.05) is 50.6 Å². The van der Waals surface area contributed by atoms with Gasteiger partial charge in [-0.2, -0.15) is 0 Å². The molecule has 0 unspecified atom stereocenters. The van der Waals surface area contributed by atoms with Crippen LogP contribution < -0.4 is 15.5 Å². The minimum atomic E-state index is -0.902. The molecule has 1 saturated heterocycles. The SMILES string of the molecule is CC[C@H](C)[C@@H](NC(=O)C[C@H]1NC(=O)N(c2ccccc2)C1=O)c1nc2ccccc2[nH]1. The largest absolute Gasteiger partial charge is 0.346 e. The van der Waals surface area contributed by atoms with Gasteiger partial charge in [0.05, 0.1) is 29.2 Å². The van der Waals surface area contributed by atoms with E-state index in [1.807, 2.05) is 38.1 Å². The fraction of sp³-hybridized carbons (Fsp3) is 0.304. The number of para-hydroxylation sites is 3. The molecule has 0 bridgehead atoms. The van der Waals surface area contributed by atoms with Crippen molar-refractivity contribution >= 4 is 34.6 Å². The summed E-state index contributed by atoms with van der Waals surface area (Å²) in [4.78, 5) is 46.9. The summed E-state index contributed by atoms with van der Waals surface area (Å²) in [6.45, 7) is 4.09. The highest BCUT2D eigenvalue weighted by molar-refractivity contribution is 6.22. The van der Waals surface area contributed by atoms with Crippen molar-refractivity contribution in [1.82, 2.24) is 20.6 Å². The maximum absolute atomic E-state index is 12.8. The first-order chi connectivity index (χ1) is 15.0. The molecule has 2 heterocycles. The van der Waals surface area contributed by atoms with Gasteiger partial charge in [0.2, 0.25) is 5.91 Å². The Labute approximate surface area is 180 Å². The molecule has 8 nitrogen and oxygen atoms in total. The monoisotopic (exact) mass is 419 g/mol. The van der Waals surface area contributed by atoms with Crippen molar-refractivity contribution in [2.75, 3.05) is 4.90 Å². The summed E-state index contributed by atoms with van der Waals surface area (Å²) >= 11 is 0. The van der Waals surface area contributed by atoms with Crippen LogP contribution in [0.1, 0.15) is 38.6 Å². The quantitative estimate of drug-likeness (QED) is 0.511. The average Bonchev–Trinajstić information content (AvgIpc) is 3.32. The van der Waals surface area contributed by atoms with Gasteiger partial charge in [0.15, 0.2) is 0 Å². The van der Waals surface area contributed by atoms with Crippen LogP contribution in [0, 0.1) is 5.92 Å². The normalized spacial score (nSPS) is 18.1. The molecule has 3 aromatic rings. The number of H-pyrrole nitrogens is 1. The molecule has 1 aromatic heterocycles. The maximum Gasteiger partial charge on any atom is 0.329 e. The molecule has 1 aliphatic heterocycles. The first-order valence-electron chi connectivity index (χ1n) is 10.4. The minimum Gasteiger partial charge on any atom is -0.346 e. The summed E-state index contributed by atoms with van der Waals surface area (Å²) in [6.07, 6.45) is 0.698. The van der Waals surface area contributed by atoms with Crippen molar-refractivity contribution in [3.63, 3.8) is 0 Å². The number of hydrogen-bond donors (Lipinski definition) is 3. The van der Waals surface area contributed by atoms with Crippen LogP contribution in [0.5, 0.6) is 0 Å². The van der Waals surface area contributed by atoms with Gasteiger partial charge in [-0.15, -0.1) is 0 Å². The van der Waals surface area contributed by atoms with E-state index < -0.39 is 18.0 Å². The Bertz CT molecular complexity index is 1080. The second-order valence-electron chi connectivity index (χ2n) is 7.79. The topological polar surface area (TPSA) is 107 Å². The zero-order chi connectivity index (χ0) is 22.0. The predicted molar refractivity (Wildman–Crippen MR) is 117 cm³/mol. The highest BCUT2D eigenvalue weighted by atomic mass is 16.2. The molecular formula is C23H25N5O3. The molecule has 3 N–H and O–H groups in total. The van der Waals surface area contributed by atoms with Gasteiger partial charge >= 0.3 is 6.03 Å². The molecule has 8 heteroatoms. The zero-order valence-corrected chi connectivity index (χ0v) is 17.5. The van der Waals surface area contributed by atoms with E-state index in [1.54, 1.807) is 30.3 Å². The number of anilines is 1. The molecule has 0 radical (unpaired) electrons. The van der Waals surface area contributed by atoms with E-state index >= 15 is 0 Å². The van der Waals surface area contributed by atoms with Gasteiger partial charge in [0.25, 0.3) is 5.91 Å². The first kappa shape index (κ1) is 20.6. The highest BCUT2D eigenvalue weighted by Crippen LogP contribution is 2.25. The number of aromatic amines is 1. The molecule has 3 atom stereocenters. The fourth-order valence-corrected chi connectivity index (χ4v) is 3.74. The van der Waals surface area contributed by atoms with Gasteiger partial charge < -0.3 is 15.6 Å².